The Balaban J connectivity index is 1.65. The third kappa shape index (κ3) is 3.95. The number of aromatic nitrogens is 2. The number of aryl methyl sites for hydroxylation is 1. The van der Waals surface area contributed by atoms with E-state index in [-0.39, 0.29) is 12.1 Å². The van der Waals surface area contributed by atoms with Crippen LogP contribution in [0.5, 0.6) is 0 Å². The summed E-state index contributed by atoms with van der Waals surface area (Å²) < 4.78 is 7.18. The molecular weight excluding hydrogens is 396 g/mol. The third-order valence-electron chi connectivity index (χ3n) is 5.04. The highest BCUT2D eigenvalue weighted by Gasteiger charge is 2.28. The topological polar surface area (TPSA) is 120 Å². The number of para-hydroxylation sites is 2. The van der Waals surface area contributed by atoms with Crippen molar-refractivity contribution in [2.45, 2.75) is 19.4 Å². The van der Waals surface area contributed by atoms with Crippen molar-refractivity contribution in [2.75, 3.05) is 0 Å². The van der Waals surface area contributed by atoms with Crippen molar-refractivity contribution < 1.29 is 18.8 Å². The van der Waals surface area contributed by atoms with Gasteiger partial charge in [-0.05, 0) is 25.1 Å². The molecule has 0 fully saturated rings. The Morgan fingerprint density at radius 2 is 1.81 bits per heavy atom. The number of hydrogen-bond donors (Lipinski definition) is 2. The van der Waals surface area contributed by atoms with Crippen molar-refractivity contribution >= 4 is 28.6 Å². The summed E-state index contributed by atoms with van der Waals surface area (Å²) >= 11 is 0. The van der Waals surface area contributed by atoms with Gasteiger partial charge >= 0.3 is 0 Å². The molecule has 31 heavy (non-hydrogen) atoms. The maximum Gasteiger partial charge on any atom is 0.287 e. The van der Waals surface area contributed by atoms with Crippen molar-refractivity contribution in [3.63, 3.8) is 0 Å². The molecule has 2 aromatic carbocycles. The molecule has 0 aliphatic carbocycles. The number of imidazole rings is 1. The average molecular weight is 416 g/mol. The predicted molar refractivity (Wildman–Crippen MR) is 114 cm³/mol. The minimum Gasteiger partial charge on any atom is -0.464 e. The number of primary amides is 1. The van der Waals surface area contributed by atoms with Gasteiger partial charge in [0.25, 0.3) is 11.8 Å². The lowest BCUT2D eigenvalue weighted by Crippen LogP contribution is -2.47. The number of carbonyl (C=O) groups excluding carboxylic acids is 3. The Kier molecular flexibility index (Phi) is 5.36. The second kappa shape index (κ2) is 8.27. The number of Topliss-reactive ketones (excluding diaryl/α,β-unsaturated/α-hetero) is 1. The SMILES string of the molecule is Cc1ncc(C(=O)NC(Cc2coc3ccccc23)C(=O)C(N)=O)n1-c1ccccc1. The molecule has 2 aromatic heterocycles. The molecule has 0 aliphatic heterocycles. The van der Waals surface area contributed by atoms with Gasteiger partial charge in [-0.1, -0.05) is 36.4 Å². The fourth-order valence-corrected chi connectivity index (χ4v) is 3.53. The van der Waals surface area contributed by atoms with Crippen LogP contribution in [-0.2, 0) is 16.0 Å². The molecule has 0 radical (unpaired) electrons. The monoisotopic (exact) mass is 416 g/mol. The molecule has 4 aromatic rings. The van der Waals surface area contributed by atoms with Crippen LogP contribution in [0.25, 0.3) is 16.7 Å². The van der Waals surface area contributed by atoms with E-state index in [0.29, 0.717) is 17.0 Å². The Bertz CT molecular complexity index is 1270. The molecule has 0 saturated carbocycles. The number of benzene rings is 2. The standard InChI is InChI=1S/C23H20N4O4/c1-14-25-12-19(27(14)16-7-3-2-4-8-16)23(30)26-18(21(28)22(24)29)11-15-13-31-20-10-6-5-9-17(15)20/h2-10,12-13,18H,11H2,1H3,(H2,24,29)(H,26,30). The lowest BCUT2D eigenvalue weighted by atomic mass is 10.0. The largest absolute Gasteiger partial charge is 0.464 e. The zero-order valence-electron chi connectivity index (χ0n) is 16.7. The van der Waals surface area contributed by atoms with Gasteiger partial charge in [-0.15, -0.1) is 0 Å². The molecule has 8 heteroatoms. The van der Waals surface area contributed by atoms with E-state index in [9.17, 15) is 14.4 Å². The molecule has 2 amide bonds. The molecule has 0 spiro atoms. The number of hydrogen-bond acceptors (Lipinski definition) is 5. The Morgan fingerprint density at radius 3 is 2.55 bits per heavy atom. The zero-order valence-corrected chi connectivity index (χ0v) is 16.7. The summed E-state index contributed by atoms with van der Waals surface area (Å²) in [6.07, 6.45) is 3.00. The number of ketones is 1. The molecule has 1 atom stereocenters. The first-order chi connectivity index (χ1) is 15.0. The van der Waals surface area contributed by atoms with Crippen LogP contribution in [0, 0.1) is 6.92 Å². The number of rotatable bonds is 7. The van der Waals surface area contributed by atoms with E-state index in [0.717, 1.165) is 11.1 Å². The first kappa shape index (κ1) is 20.1. The van der Waals surface area contributed by atoms with E-state index in [1.807, 2.05) is 48.5 Å². The fourth-order valence-electron chi connectivity index (χ4n) is 3.53. The number of fused-ring (bicyclic) bond motifs is 1. The lowest BCUT2D eigenvalue weighted by Gasteiger charge is -2.17. The quantitative estimate of drug-likeness (QED) is 0.448. The van der Waals surface area contributed by atoms with E-state index in [1.165, 1.54) is 12.5 Å². The van der Waals surface area contributed by atoms with Crippen molar-refractivity contribution in [1.82, 2.24) is 14.9 Å². The second-order valence-electron chi connectivity index (χ2n) is 7.08. The number of amides is 2. The predicted octanol–water partition coefficient (Wildman–Crippen LogP) is 2.32. The maximum atomic E-state index is 13.1. The molecule has 0 saturated heterocycles. The van der Waals surface area contributed by atoms with Crippen LogP contribution in [0.2, 0.25) is 0 Å². The zero-order chi connectivity index (χ0) is 22.0. The van der Waals surface area contributed by atoms with Crippen LogP contribution < -0.4 is 11.1 Å². The lowest BCUT2D eigenvalue weighted by molar-refractivity contribution is -0.137. The van der Waals surface area contributed by atoms with Gasteiger partial charge in [-0.2, -0.15) is 0 Å². The summed E-state index contributed by atoms with van der Waals surface area (Å²) in [7, 11) is 0. The van der Waals surface area contributed by atoms with Gasteiger partial charge in [0.2, 0.25) is 5.78 Å². The number of nitrogens with two attached hydrogens (primary N) is 1. The van der Waals surface area contributed by atoms with E-state index in [2.05, 4.69) is 10.3 Å². The summed E-state index contributed by atoms with van der Waals surface area (Å²) in [5.41, 5.74) is 7.56. The summed E-state index contributed by atoms with van der Waals surface area (Å²) in [5.74, 6) is -1.95. The normalized spacial score (nSPS) is 11.9. The Labute approximate surface area is 177 Å². The van der Waals surface area contributed by atoms with Gasteiger partial charge in [-0.25, -0.2) is 4.98 Å². The summed E-state index contributed by atoms with van der Waals surface area (Å²) in [5, 5.41) is 3.44. The minimum absolute atomic E-state index is 0.0585. The van der Waals surface area contributed by atoms with E-state index in [4.69, 9.17) is 10.2 Å². The van der Waals surface area contributed by atoms with Gasteiger partial charge in [0.1, 0.15) is 23.1 Å². The van der Waals surface area contributed by atoms with Crippen LogP contribution in [0.1, 0.15) is 21.9 Å². The van der Waals surface area contributed by atoms with Crippen LogP contribution in [-0.4, -0.2) is 33.2 Å². The van der Waals surface area contributed by atoms with Gasteiger partial charge in [0.15, 0.2) is 0 Å². The molecule has 1 unspecified atom stereocenters. The van der Waals surface area contributed by atoms with Crippen LogP contribution in [0.4, 0.5) is 0 Å². The smallest absolute Gasteiger partial charge is 0.287 e. The third-order valence-corrected chi connectivity index (χ3v) is 5.04. The summed E-state index contributed by atoms with van der Waals surface area (Å²) in [6, 6.07) is 15.4. The van der Waals surface area contributed by atoms with Crippen LogP contribution in [0.15, 0.2) is 71.5 Å². The maximum absolute atomic E-state index is 13.1. The van der Waals surface area contributed by atoms with Crippen molar-refractivity contribution in [3.8, 4) is 5.69 Å². The summed E-state index contributed by atoms with van der Waals surface area (Å²) in [6.45, 7) is 1.77. The number of nitrogens with one attached hydrogen (secondary N) is 1. The average Bonchev–Trinajstić information content (AvgIpc) is 3.37. The fraction of sp³-hybridized carbons (Fsp3) is 0.130. The molecule has 0 aliphatic rings. The van der Waals surface area contributed by atoms with Gasteiger partial charge in [-0.3, -0.25) is 19.0 Å². The Morgan fingerprint density at radius 1 is 1.10 bits per heavy atom. The van der Waals surface area contributed by atoms with Gasteiger partial charge in [0, 0.05) is 23.1 Å². The number of carbonyl (C=O) groups is 3. The number of nitrogens with zero attached hydrogens (tertiary/aromatic N) is 2. The van der Waals surface area contributed by atoms with Gasteiger partial charge in [0.05, 0.1) is 12.5 Å². The van der Waals surface area contributed by atoms with E-state index >= 15 is 0 Å². The highest BCUT2D eigenvalue weighted by molar-refractivity contribution is 6.38. The highest BCUT2D eigenvalue weighted by atomic mass is 16.3. The Hall–Kier alpha value is -4.20. The van der Waals surface area contributed by atoms with Crippen LogP contribution >= 0.6 is 0 Å². The van der Waals surface area contributed by atoms with E-state index < -0.39 is 23.6 Å². The number of furan rings is 1. The molecular formula is C23H20N4O4. The van der Waals surface area contributed by atoms with Crippen LogP contribution in [0.3, 0.4) is 0 Å². The molecule has 0 bridgehead atoms. The van der Waals surface area contributed by atoms with Crippen molar-refractivity contribution in [3.05, 3.63) is 84.1 Å². The summed E-state index contributed by atoms with van der Waals surface area (Å²) in [4.78, 5) is 41.4. The van der Waals surface area contributed by atoms with Crippen molar-refractivity contribution in [1.29, 1.82) is 0 Å². The molecule has 2 heterocycles. The molecule has 8 nitrogen and oxygen atoms in total. The first-order valence-corrected chi connectivity index (χ1v) is 9.65. The van der Waals surface area contributed by atoms with Crippen molar-refractivity contribution in [2.24, 2.45) is 5.73 Å². The van der Waals surface area contributed by atoms with Gasteiger partial charge < -0.3 is 15.5 Å². The molecule has 156 valence electrons. The molecule has 3 N–H and O–H groups in total. The highest BCUT2D eigenvalue weighted by Crippen LogP contribution is 2.22. The molecule has 4 rings (SSSR count). The minimum atomic E-state index is -1.15. The first-order valence-electron chi connectivity index (χ1n) is 9.65. The van der Waals surface area contributed by atoms with E-state index in [1.54, 1.807) is 17.6 Å². The second-order valence-corrected chi connectivity index (χ2v) is 7.08.